The van der Waals surface area contributed by atoms with Crippen LogP contribution in [-0.2, 0) is 14.8 Å². The SMILES string of the molecule is CN(C1CCOC1)S(=O)(=O)CBr. The smallest absolute Gasteiger partial charge is 0.224 e. The lowest BCUT2D eigenvalue weighted by atomic mass is 10.3. The van der Waals surface area contributed by atoms with E-state index in [0.717, 1.165) is 6.42 Å². The van der Waals surface area contributed by atoms with Gasteiger partial charge in [-0.1, -0.05) is 15.9 Å². The molecule has 1 aliphatic rings. The maximum Gasteiger partial charge on any atom is 0.224 e. The quantitative estimate of drug-likeness (QED) is 0.688. The van der Waals surface area contributed by atoms with E-state index in [-0.39, 0.29) is 10.7 Å². The molecule has 0 aromatic carbocycles. The van der Waals surface area contributed by atoms with Crippen LogP contribution in [0.5, 0.6) is 0 Å². The van der Waals surface area contributed by atoms with E-state index in [9.17, 15) is 8.42 Å². The van der Waals surface area contributed by atoms with E-state index in [1.54, 1.807) is 7.05 Å². The predicted molar refractivity (Wildman–Crippen MR) is 49.7 cm³/mol. The number of sulfonamides is 1. The Morgan fingerprint density at radius 3 is 2.75 bits per heavy atom. The van der Waals surface area contributed by atoms with Crippen molar-refractivity contribution in [2.24, 2.45) is 0 Å². The van der Waals surface area contributed by atoms with Crippen LogP contribution in [0.4, 0.5) is 0 Å². The highest BCUT2D eigenvalue weighted by Gasteiger charge is 2.28. The van der Waals surface area contributed by atoms with Gasteiger partial charge in [0, 0.05) is 13.7 Å². The highest BCUT2D eigenvalue weighted by molar-refractivity contribution is 9.10. The van der Waals surface area contributed by atoms with Crippen molar-refractivity contribution in [2.75, 3.05) is 24.9 Å². The lowest BCUT2D eigenvalue weighted by Crippen LogP contribution is -2.37. The topological polar surface area (TPSA) is 46.6 Å². The molecule has 0 N–H and O–H groups in total. The maximum atomic E-state index is 11.3. The molecule has 1 rings (SSSR count). The minimum Gasteiger partial charge on any atom is -0.380 e. The van der Waals surface area contributed by atoms with Crippen LogP contribution in [0, 0.1) is 0 Å². The molecule has 0 spiro atoms. The zero-order chi connectivity index (χ0) is 9.19. The molecule has 1 saturated heterocycles. The Labute approximate surface area is 81.1 Å². The molecule has 0 aromatic rings. The van der Waals surface area contributed by atoms with Crippen LogP contribution in [0.25, 0.3) is 0 Å². The Hall–Kier alpha value is 0.350. The predicted octanol–water partition coefficient (Wildman–Crippen LogP) is 0.389. The van der Waals surface area contributed by atoms with Crippen molar-refractivity contribution >= 4 is 26.0 Å². The van der Waals surface area contributed by atoms with E-state index < -0.39 is 10.0 Å². The summed E-state index contributed by atoms with van der Waals surface area (Å²) in [5.74, 6) is 0. The number of alkyl halides is 1. The van der Waals surface area contributed by atoms with E-state index >= 15 is 0 Å². The molecule has 0 amide bonds. The molecule has 0 bridgehead atoms. The number of halogens is 1. The summed E-state index contributed by atoms with van der Waals surface area (Å²) in [4.78, 5) is 0. The van der Waals surface area contributed by atoms with Crippen LogP contribution in [0.2, 0.25) is 0 Å². The van der Waals surface area contributed by atoms with Crippen molar-refractivity contribution < 1.29 is 13.2 Å². The van der Waals surface area contributed by atoms with Gasteiger partial charge in [0.05, 0.1) is 12.6 Å². The van der Waals surface area contributed by atoms with Gasteiger partial charge in [0.25, 0.3) is 0 Å². The fourth-order valence-corrected chi connectivity index (χ4v) is 2.86. The first-order valence-electron chi connectivity index (χ1n) is 3.67. The van der Waals surface area contributed by atoms with Crippen LogP contribution in [0.15, 0.2) is 0 Å². The minimum absolute atomic E-state index is 0.0208. The number of ether oxygens (including phenoxy) is 1. The van der Waals surface area contributed by atoms with Gasteiger partial charge in [-0.25, -0.2) is 8.42 Å². The Bertz CT molecular complexity index is 235. The van der Waals surface area contributed by atoms with E-state index in [4.69, 9.17) is 4.74 Å². The molecule has 0 saturated carbocycles. The van der Waals surface area contributed by atoms with Gasteiger partial charge in [-0.15, -0.1) is 0 Å². The molecule has 12 heavy (non-hydrogen) atoms. The maximum absolute atomic E-state index is 11.3. The molecule has 1 aliphatic heterocycles. The van der Waals surface area contributed by atoms with Crippen LogP contribution < -0.4 is 0 Å². The van der Waals surface area contributed by atoms with Gasteiger partial charge < -0.3 is 4.74 Å². The largest absolute Gasteiger partial charge is 0.380 e. The normalized spacial score (nSPS) is 25.1. The third-order valence-corrected chi connectivity index (χ3v) is 5.18. The summed E-state index contributed by atoms with van der Waals surface area (Å²) in [6, 6.07) is 0.0209. The zero-order valence-corrected chi connectivity index (χ0v) is 9.27. The fraction of sp³-hybridized carbons (Fsp3) is 1.00. The first-order valence-corrected chi connectivity index (χ1v) is 6.40. The van der Waals surface area contributed by atoms with Crippen molar-refractivity contribution in [3.63, 3.8) is 0 Å². The second-order valence-corrected chi connectivity index (χ2v) is 6.09. The summed E-state index contributed by atoms with van der Waals surface area (Å²) in [6.45, 7) is 1.18. The van der Waals surface area contributed by atoms with Crippen molar-refractivity contribution in [3.05, 3.63) is 0 Å². The highest BCUT2D eigenvalue weighted by atomic mass is 79.9. The summed E-state index contributed by atoms with van der Waals surface area (Å²) < 4.78 is 29.1. The third-order valence-electron chi connectivity index (χ3n) is 2.00. The second-order valence-electron chi connectivity index (χ2n) is 2.75. The van der Waals surface area contributed by atoms with Crippen molar-refractivity contribution in [2.45, 2.75) is 12.5 Å². The molecule has 0 radical (unpaired) electrons. The molecule has 6 heteroatoms. The zero-order valence-electron chi connectivity index (χ0n) is 6.86. The first kappa shape index (κ1) is 10.4. The molecule has 1 atom stereocenters. The molecule has 0 aliphatic carbocycles. The van der Waals surface area contributed by atoms with Gasteiger partial charge in [-0.05, 0) is 6.42 Å². The van der Waals surface area contributed by atoms with E-state index in [0.29, 0.717) is 13.2 Å². The molecule has 4 nitrogen and oxygen atoms in total. The van der Waals surface area contributed by atoms with Gasteiger partial charge >= 0.3 is 0 Å². The Balaban J connectivity index is 2.63. The lowest BCUT2D eigenvalue weighted by Gasteiger charge is -2.20. The van der Waals surface area contributed by atoms with Crippen LogP contribution >= 0.6 is 15.9 Å². The average molecular weight is 258 g/mol. The molecule has 1 unspecified atom stereocenters. The summed E-state index contributed by atoms with van der Waals surface area (Å²) >= 11 is 2.95. The van der Waals surface area contributed by atoms with Gasteiger partial charge in [-0.3, -0.25) is 0 Å². The highest BCUT2D eigenvalue weighted by Crippen LogP contribution is 2.15. The first-order chi connectivity index (χ1) is 5.58. The molecule has 1 heterocycles. The van der Waals surface area contributed by atoms with Crippen molar-refractivity contribution in [3.8, 4) is 0 Å². The number of likely N-dealkylation sites (N-methyl/N-ethyl adjacent to an activating group) is 1. The van der Waals surface area contributed by atoms with Gasteiger partial charge in [0.15, 0.2) is 0 Å². The Morgan fingerprint density at radius 2 is 2.33 bits per heavy atom. The van der Waals surface area contributed by atoms with Gasteiger partial charge in [-0.2, -0.15) is 4.31 Å². The molecule has 0 aromatic heterocycles. The van der Waals surface area contributed by atoms with Gasteiger partial charge in [0.2, 0.25) is 10.0 Å². The number of rotatable bonds is 3. The summed E-state index contributed by atoms with van der Waals surface area (Å²) in [5.41, 5.74) is 0. The number of hydrogen-bond acceptors (Lipinski definition) is 3. The van der Waals surface area contributed by atoms with Crippen molar-refractivity contribution in [1.82, 2.24) is 4.31 Å². The van der Waals surface area contributed by atoms with Crippen LogP contribution in [-0.4, -0.2) is 43.7 Å². The van der Waals surface area contributed by atoms with E-state index in [1.807, 2.05) is 0 Å². The standard InChI is InChI=1S/C6H12BrNO3S/c1-8(12(9,10)5-7)6-2-3-11-4-6/h6H,2-5H2,1H3. The lowest BCUT2D eigenvalue weighted by molar-refractivity contribution is 0.181. The fourth-order valence-electron chi connectivity index (χ4n) is 1.11. The van der Waals surface area contributed by atoms with Crippen molar-refractivity contribution in [1.29, 1.82) is 0 Å². The Morgan fingerprint density at radius 1 is 1.67 bits per heavy atom. The van der Waals surface area contributed by atoms with E-state index in [2.05, 4.69) is 15.9 Å². The summed E-state index contributed by atoms with van der Waals surface area (Å²) in [6.07, 6.45) is 0.794. The molecular weight excluding hydrogens is 246 g/mol. The Kier molecular flexibility index (Phi) is 3.51. The molecule has 72 valence electrons. The number of hydrogen-bond donors (Lipinski definition) is 0. The monoisotopic (exact) mass is 257 g/mol. The molecular formula is C6H12BrNO3S. The summed E-state index contributed by atoms with van der Waals surface area (Å²) in [7, 11) is -1.52. The second kappa shape index (κ2) is 4.04. The molecule has 1 fully saturated rings. The summed E-state index contributed by atoms with van der Waals surface area (Å²) in [5, 5.41) is 0. The average Bonchev–Trinajstić information content (AvgIpc) is 2.55. The van der Waals surface area contributed by atoms with Gasteiger partial charge in [0.1, 0.15) is 4.66 Å². The van der Waals surface area contributed by atoms with Crippen LogP contribution in [0.1, 0.15) is 6.42 Å². The van der Waals surface area contributed by atoms with E-state index in [1.165, 1.54) is 4.31 Å². The number of nitrogens with zero attached hydrogens (tertiary/aromatic N) is 1. The minimum atomic E-state index is -3.11. The van der Waals surface area contributed by atoms with Crippen LogP contribution in [0.3, 0.4) is 0 Å². The third kappa shape index (κ3) is 2.18.